The second-order valence-electron chi connectivity index (χ2n) is 5.87. The molecule has 2 aliphatic rings. The molecule has 3 atom stereocenters. The molecule has 6 heteroatoms. The standard InChI is InChI=1S/C14H24N4O2/c1-2-10(7-15)6-13-16-14(17-20-13)12-8-18-5-3-4-11(18)9-19-12/h10-12H,2-9,15H2,1H3. The Labute approximate surface area is 119 Å². The van der Waals surface area contributed by atoms with Crippen LogP contribution in [0.3, 0.4) is 0 Å². The monoisotopic (exact) mass is 280 g/mol. The van der Waals surface area contributed by atoms with Crippen LogP contribution in [0.4, 0.5) is 0 Å². The molecule has 0 bridgehead atoms. The molecule has 2 aliphatic heterocycles. The van der Waals surface area contributed by atoms with Crippen molar-refractivity contribution >= 4 is 0 Å². The van der Waals surface area contributed by atoms with Crippen molar-refractivity contribution in [2.75, 3.05) is 26.2 Å². The van der Waals surface area contributed by atoms with Gasteiger partial charge in [-0.25, -0.2) is 0 Å². The van der Waals surface area contributed by atoms with Gasteiger partial charge in [-0.15, -0.1) is 0 Å². The molecule has 0 aromatic carbocycles. The molecule has 0 saturated carbocycles. The van der Waals surface area contributed by atoms with E-state index in [-0.39, 0.29) is 6.10 Å². The largest absolute Gasteiger partial charge is 0.367 e. The summed E-state index contributed by atoms with van der Waals surface area (Å²) in [5.41, 5.74) is 5.72. The zero-order chi connectivity index (χ0) is 13.9. The predicted octanol–water partition coefficient (Wildman–Crippen LogP) is 1.13. The third-order valence-electron chi connectivity index (χ3n) is 4.53. The van der Waals surface area contributed by atoms with E-state index in [1.54, 1.807) is 0 Å². The lowest BCUT2D eigenvalue weighted by molar-refractivity contribution is -0.0548. The third-order valence-corrected chi connectivity index (χ3v) is 4.53. The molecule has 0 amide bonds. The highest BCUT2D eigenvalue weighted by Crippen LogP contribution is 2.28. The van der Waals surface area contributed by atoms with Gasteiger partial charge in [-0.1, -0.05) is 18.5 Å². The number of fused-ring (bicyclic) bond motifs is 1. The van der Waals surface area contributed by atoms with Crippen molar-refractivity contribution in [1.29, 1.82) is 0 Å². The maximum absolute atomic E-state index is 5.90. The average Bonchev–Trinajstić information content (AvgIpc) is 3.12. The average molecular weight is 280 g/mol. The molecule has 0 aliphatic carbocycles. The molecular weight excluding hydrogens is 256 g/mol. The second kappa shape index (κ2) is 6.20. The van der Waals surface area contributed by atoms with Crippen LogP contribution in [0, 0.1) is 5.92 Å². The number of morpholine rings is 1. The molecule has 3 rings (SSSR count). The SMILES string of the molecule is CCC(CN)Cc1nc(C2CN3CCCC3CO2)no1. The first kappa shape index (κ1) is 14.0. The van der Waals surface area contributed by atoms with Crippen LogP contribution >= 0.6 is 0 Å². The van der Waals surface area contributed by atoms with Gasteiger partial charge < -0.3 is 15.0 Å². The number of rotatable bonds is 5. The Morgan fingerprint density at radius 1 is 1.50 bits per heavy atom. The van der Waals surface area contributed by atoms with Gasteiger partial charge in [-0.3, -0.25) is 4.90 Å². The first-order chi connectivity index (χ1) is 9.80. The zero-order valence-electron chi connectivity index (χ0n) is 12.1. The molecule has 2 fully saturated rings. The van der Waals surface area contributed by atoms with Crippen LogP contribution in [0.1, 0.15) is 44.0 Å². The molecule has 3 unspecified atom stereocenters. The summed E-state index contributed by atoms with van der Waals surface area (Å²) in [6.07, 6.45) is 4.27. The van der Waals surface area contributed by atoms with Crippen LogP contribution in [-0.2, 0) is 11.2 Å². The molecule has 20 heavy (non-hydrogen) atoms. The number of aromatic nitrogens is 2. The Hall–Kier alpha value is -0.980. The summed E-state index contributed by atoms with van der Waals surface area (Å²) in [6, 6.07) is 0.597. The van der Waals surface area contributed by atoms with E-state index in [1.807, 2.05) is 0 Å². The van der Waals surface area contributed by atoms with Gasteiger partial charge in [0.05, 0.1) is 6.61 Å². The van der Waals surface area contributed by atoms with Crippen LogP contribution in [0.15, 0.2) is 4.52 Å². The van der Waals surface area contributed by atoms with Crippen LogP contribution in [0.5, 0.6) is 0 Å². The summed E-state index contributed by atoms with van der Waals surface area (Å²) < 4.78 is 11.2. The van der Waals surface area contributed by atoms with Crippen LogP contribution < -0.4 is 5.73 Å². The topological polar surface area (TPSA) is 77.4 Å². The number of ether oxygens (including phenoxy) is 1. The minimum absolute atomic E-state index is 0.0418. The maximum Gasteiger partial charge on any atom is 0.227 e. The van der Waals surface area contributed by atoms with E-state index in [4.69, 9.17) is 15.0 Å². The van der Waals surface area contributed by atoms with Gasteiger partial charge in [-0.05, 0) is 31.8 Å². The van der Waals surface area contributed by atoms with Gasteiger partial charge in [0, 0.05) is 19.0 Å². The Bertz CT molecular complexity index is 433. The zero-order valence-corrected chi connectivity index (χ0v) is 12.1. The highest BCUT2D eigenvalue weighted by Gasteiger charge is 2.34. The molecule has 2 N–H and O–H groups in total. The molecular formula is C14H24N4O2. The van der Waals surface area contributed by atoms with Crippen molar-refractivity contribution in [3.63, 3.8) is 0 Å². The number of nitrogens with two attached hydrogens (primary N) is 1. The molecule has 0 spiro atoms. The Kier molecular flexibility index (Phi) is 4.33. The Balaban J connectivity index is 1.61. The van der Waals surface area contributed by atoms with Crippen LogP contribution in [0.2, 0.25) is 0 Å². The van der Waals surface area contributed by atoms with E-state index >= 15 is 0 Å². The minimum atomic E-state index is -0.0418. The van der Waals surface area contributed by atoms with Gasteiger partial charge >= 0.3 is 0 Å². The summed E-state index contributed by atoms with van der Waals surface area (Å²) >= 11 is 0. The van der Waals surface area contributed by atoms with Crippen molar-refractivity contribution < 1.29 is 9.26 Å². The van der Waals surface area contributed by atoms with E-state index in [0.29, 0.717) is 30.2 Å². The number of hydrogen-bond donors (Lipinski definition) is 1. The first-order valence-corrected chi connectivity index (χ1v) is 7.68. The molecule has 6 nitrogen and oxygen atoms in total. The van der Waals surface area contributed by atoms with Gasteiger partial charge in [-0.2, -0.15) is 4.98 Å². The fourth-order valence-electron chi connectivity index (χ4n) is 3.10. The number of nitrogens with zero attached hydrogens (tertiary/aromatic N) is 3. The molecule has 2 saturated heterocycles. The van der Waals surface area contributed by atoms with E-state index in [9.17, 15) is 0 Å². The molecule has 1 aromatic rings. The quantitative estimate of drug-likeness (QED) is 0.871. The summed E-state index contributed by atoms with van der Waals surface area (Å²) in [5.74, 6) is 1.79. The van der Waals surface area contributed by atoms with E-state index in [1.165, 1.54) is 19.4 Å². The van der Waals surface area contributed by atoms with Crippen molar-refractivity contribution in [2.24, 2.45) is 11.7 Å². The van der Waals surface area contributed by atoms with Crippen LogP contribution in [-0.4, -0.2) is 47.3 Å². The fraction of sp³-hybridized carbons (Fsp3) is 0.857. The summed E-state index contributed by atoms with van der Waals surface area (Å²) in [7, 11) is 0. The first-order valence-electron chi connectivity index (χ1n) is 7.68. The lowest BCUT2D eigenvalue weighted by Crippen LogP contribution is -2.42. The predicted molar refractivity (Wildman–Crippen MR) is 74.1 cm³/mol. The second-order valence-corrected chi connectivity index (χ2v) is 5.87. The van der Waals surface area contributed by atoms with Crippen molar-refractivity contribution in [3.05, 3.63) is 11.7 Å². The smallest absolute Gasteiger partial charge is 0.227 e. The van der Waals surface area contributed by atoms with E-state index in [0.717, 1.165) is 26.0 Å². The lowest BCUT2D eigenvalue weighted by Gasteiger charge is -2.33. The lowest BCUT2D eigenvalue weighted by atomic mass is 10.0. The van der Waals surface area contributed by atoms with Crippen molar-refractivity contribution in [1.82, 2.24) is 15.0 Å². The van der Waals surface area contributed by atoms with E-state index < -0.39 is 0 Å². The number of hydrogen-bond acceptors (Lipinski definition) is 6. The summed E-state index contributed by atoms with van der Waals surface area (Å²) in [6.45, 7) is 5.63. The molecule has 3 heterocycles. The summed E-state index contributed by atoms with van der Waals surface area (Å²) in [5, 5.41) is 4.10. The molecule has 0 radical (unpaired) electrons. The normalized spacial score (nSPS) is 28.5. The summed E-state index contributed by atoms with van der Waals surface area (Å²) in [4.78, 5) is 6.98. The highest BCUT2D eigenvalue weighted by atomic mass is 16.5. The minimum Gasteiger partial charge on any atom is -0.367 e. The third kappa shape index (κ3) is 2.87. The fourth-order valence-corrected chi connectivity index (χ4v) is 3.10. The van der Waals surface area contributed by atoms with E-state index in [2.05, 4.69) is 22.0 Å². The van der Waals surface area contributed by atoms with Gasteiger partial charge in [0.15, 0.2) is 0 Å². The van der Waals surface area contributed by atoms with Gasteiger partial charge in [0.1, 0.15) is 6.10 Å². The molecule has 1 aromatic heterocycles. The van der Waals surface area contributed by atoms with Crippen molar-refractivity contribution in [3.8, 4) is 0 Å². The highest BCUT2D eigenvalue weighted by molar-refractivity contribution is 4.97. The van der Waals surface area contributed by atoms with Gasteiger partial charge in [0.2, 0.25) is 11.7 Å². The van der Waals surface area contributed by atoms with Crippen LogP contribution in [0.25, 0.3) is 0 Å². The van der Waals surface area contributed by atoms with Gasteiger partial charge in [0.25, 0.3) is 0 Å². The Morgan fingerprint density at radius 3 is 3.20 bits per heavy atom. The Morgan fingerprint density at radius 2 is 2.40 bits per heavy atom. The maximum atomic E-state index is 5.90. The van der Waals surface area contributed by atoms with Crippen molar-refractivity contribution in [2.45, 2.75) is 44.8 Å². The molecule has 112 valence electrons.